The number of aromatic nitrogens is 1. The lowest BCUT2D eigenvalue weighted by Gasteiger charge is -1.93. The number of furan rings is 1. The van der Waals surface area contributed by atoms with Gasteiger partial charge >= 0.3 is 0 Å². The quantitative estimate of drug-likeness (QED) is 0.384. The minimum absolute atomic E-state index is 0.191. The van der Waals surface area contributed by atoms with Gasteiger partial charge in [-0.05, 0) is 30.3 Å². The Kier molecular flexibility index (Phi) is 4.21. The molecule has 0 aliphatic carbocycles. The van der Waals surface area contributed by atoms with E-state index in [4.69, 9.17) is 16.6 Å². The number of nitrogens with one attached hydrogen (secondary N) is 1. The Hall–Kier alpha value is -3.08. The maximum Gasteiger partial charge on any atom is 0.263 e. The van der Waals surface area contributed by atoms with Crippen molar-refractivity contribution in [3.05, 3.63) is 64.5 Å². The Labute approximate surface area is 158 Å². The van der Waals surface area contributed by atoms with E-state index in [2.05, 4.69) is 22.1 Å². The minimum atomic E-state index is -0.231. The molecule has 7 heteroatoms. The van der Waals surface area contributed by atoms with Gasteiger partial charge in [-0.2, -0.15) is 0 Å². The smallest absolute Gasteiger partial charge is 0.263 e. The summed E-state index contributed by atoms with van der Waals surface area (Å²) < 4.78 is 6.29. The summed E-state index contributed by atoms with van der Waals surface area (Å²) in [5.41, 5.74) is 2.00. The van der Waals surface area contributed by atoms with Gasteiger partial charge < -0.3 is 14.8 Å². The van der Waals surface area contributed by atoms with E-state index < -0.39 is 0 Å². The van der Waals surface area contributed by atoms with Crippen LogP contribution in [0.3, 0.4) is 0 Å². The van der Waals surface area contributed by atoms with Crippen molar-refractivity contribution in [3.8, 4) is 17.6 Å². The summed E-state index contributed by atoms with van der Waals surface area (Å²) in [6, 6.07) is 8.42. The van der Waals surface area contributed by atoms with Crippen molar-refractivity contribution in [2.75, 3.05) is 0 Å². The molecule has 0 bridgehead atoms. The summed E-state index contributed by atoms with van der Waals surface area (Å²) >= 11 is 6.18. The third-order valence-corrected chi connectivity index (χ3v) is 4.73. The maximum absolute atomic E-state index is 11.8. The number of nitrogens with zero attached hydrogens (tertiary/aromatic N) is 1. The third-order valence-electron chi connectivity index (χ3n) is 3.57. The highest BCUT2D eigenvalue weighted by atomic mass is 32.2. The largest absolute Gasteiger partial charge is 0.508 e. The molecular weight excluding hydrogens is 368 g/mol. The molecule has 0 atom stereocenters. The molecule has 1 fully saturated rings. The number of benzene rings is 1. The van der Waals surface area contributed by atoms with Crippen molar-refractivity contribution < 1.29 is 14.3 Å². The molecule has 0 saturated carbocycles. The van der Waals surface area contributed by atoms with Crippen LogP contribution in [0.2, 0.25) is 0 Å². The van der Waals surface area contributed by atoms with E-state index in [1.54, 1.807) is 48.8 Å². The van der Waals surface area contributed by atoms with Crippen LogP contribution < -0.4 is 5.32 Å². The number of carbonyl (C=O) groups excluding carboxylic acids is 1. The van der Waals surface area contributed by atoms with Crippen molar-refractivity contribution in [2.45, 2.75) is 0 Å². The molecule has 2 N–H and O–H groups in total. The monoisotopic (exact) mass is 378 g/mol. The van der Waals surface area contributed by atoms with Crippen molar-refractivity contribution in [1.29, 1.82) is 0 Å². The van der Waals surface area contributed by atoms with E-state index in [9.17, 15) is 9.90 Å². The molecule has 5 nitrogen and oxygen atoms in total. The highest BCUT2D eigenvalue weighted by Crippen LogP contribution is 2.29. The predicted molar refractivity (Wildman–Crippen MR) is 104 cm³/mol. The van der Waals surface area contributed by atoms with Crippen LogP contribution in [0.4, 0.5) is 0 Å². The van der Waals surface area contributed by atoms with Crippen molar-refractivity contribution in [1.82, 2.24) is 10.3 Å². The number of amides is 1. The van der Waals surface area contributed by atoms with Gasteiger partial charge in [-0.3, -0.25) is 9.78 Å². The van der Waals surface area contributed by atoms with E-state index >= 15 is 0 Å². The number of carbonyl (C=O) groups is 1. The fourth-order valence-electron chi connectivity index (χ4n) is 2.38. The molecule has 3 aromatic rings. The van der Waals surface area contributed by atoms with Crippen molar-refractivity contribution in [2.24, 2.45) is 0 Å². The number of thioether (sulfide) groups is 1. The lowest BCUT2D eigenvalue weighted by Crippen LogP contribution is -2.17. The second-order valence-corrected chi connectivity index (χ2v) is 7.12. The lowest BCUT2D eigenvalue weighted by atomic mass is 10.2. The first kappa shape index (κ1) is 16.4. The van der Waals surface area contributed by atoms with Crippen LogP contribution in [-0.2, 0) is 4.79 Å². The molecule has 3 heterocycles. The average molecular weight is 378 g/mol. The summed E-state index contributed by atoms with van der Waals surface area (Å²) in [7, 11) is 0. The summed E-state index contributed by atoms with van der Waals surface area (Å²) in [5, 5.41) is 12.7. The first-order chi connectivity index (χ1) is 12.6. The van der Waals surface area contributed by atoms with Gasteiger partial charge in [0, 0.05) is 29.4 Å². The van der Waals surface area contributed by atoms with E-state index in [0.29, 0.717) is 26.1 Å². The van der Waals surface area contributed by atoms with Crippen LogP contribution in [0.25, 0.3) is 17.0 Å². The van der Waals surface area contributed by atoms with Crippen LogP contribution in [-0.4, -0.2) is 20.3 Å². The normalized spacial score (nSPS) is 15.2. The van der Waals surface area contributed by atoms with E-state index in [1.165, 1.54) is 11.8 Å². The number of phenols is 1. The third kappa shape index (κ3) is 3.33. The Morgan fingerprint density at radius 3 is 2.77 bits per heavy atom. The van der Waals surface area contributed by atoms with Crippen molar-refractivity contribution >= 4 is 51.3 Å². The second-order valence-electron chi connectivity index (χ2n) is 5.40. The lowest BCUT2D eigenvalue weighted by molar-refractivity contribution is -0.115. The Balaban J connectivity index is 1.70. The van der Waals surface area contributed by atoms with Gasteiger partial charge in [-0.25, -0.2) is 0 Å². The van der Waals surface area contributed by atoms with E-state index in [1.807, 2.05) is 0 Å². The first-order valence-electron chi connectivity index (χ1n) is 7.52. The molecule has 1 aliphatic rings. The zero-order valence-corrected chi connectivity index (χ0v) is 14.8. The zero-order chi connectivity index (χ0) is 18.1. The summed E-state index contributed by atoms with van der Waals surface area (Å²) in [6.45, 7) is 0. The van der Waals surface area contributed by atoms with Gasteiger partial charge in [0.05, 0.1) is 10.5 Å². The van der Waals surface area contributed by atoms with Gasteiger partial charge in [0.1, 0.15) is 15.8 Å². The van der Waals surface area contributed by atoms with Gasteiger partial charge in [0.15, 0.2) is 5.58 Å². The number of pyridine rings is 1. The molecule has 126 valence electrons. The molecule has 0 spiro atoms. The zero-order valence-electron chi connectivity index (χ0n) is 13.1. The number of thiocarbonyl (C=S) groups is 1. The highest BCUT2D eigenvalue weighted by Gasteiger charge is 2.22. The topological polar surface area (TPSA) is 75.4 Å². The van der Waals surface area contributed by atoms with E-state index in [-0.39, 0.29) is 11.7 Å². The Bertz CT molecular complexity index is 1140. The molecule has 1 aliphatic heterocycles. The van der Waals surface area contributed by atoms with Crippen LogP contribution in [0.1, 0.15) is 16.9 Å². The molecule has 1 saturated heterocycles. The van der Waals surface area contributed by atoms with E-state index in [0.717, 1.165) is 10.9 Å². The number of rotatable bonds is 1. The number of hydrogen-bond acceptors (Lipinski definition) is 6. The second kappa shape index (κ2) is 6.67. The van der Waals surface area contributed by atoms with Crippen LogP contribution in [0.15, 0.2) is 52.0 Å². The number of phenolic OH excluding ortho intramolecular Hbond substituents is 1. The summed E-state index contributed by atoms with van der Waals surface area (Å²) in [4.78, 5) is 16.4. The van der Waals surface area contributed by atoms with Gasteiger partial charge in [0.2, 0.25) is 0 Å². The van der Waals surface area contributed by atoms with Crippen LogP contribution >= 0.6 is 24.0 Å². The first-order valence-corrected chi connectivity index (χ1v) is 8.74. The minimum Gasteiger partial charge on any atom is -0.508 e. The standard InChI is InChI=1S/C19H10N2O3S2/c22-14-5-2-11(3-6-14)1-4-12-9-20-10-13-7-15(24-17(12)13)8-16-18(23)21-19(25)26-16/h2-3,5-10,22H,(H,21,23,25). The molecule has 0 unspecified atom stereocenters. The van der Waals surface area contributed by atoms with Gasteiger partial charge in [-0.1, -0.05) is 35.8 Å². The summed E-state index contributed by atoms with van der Waals surface area (Å²) in [5.74, 6) is 6.54. The highest BCUT2D eigenvalue weighted by molar-refractivity contribution is 8.26. The number of aromatic hydroxyl groups is 1. The van der Waals surface area contributed by atoms with Crippen LogP contribution in [0, 0.1) is 11.8 Å². The Morgan fingerprint density at radius 2 is 2.04 bits per heavy atom. The van der Waals surface area contributed by atoms with Gasteiger partial charge in [0.25, 0.3) is 5.91 Å². The molecule has 0 radical (unpaired) electrons. The molecule has 26 heavy (non-hydrogen) atoms. The molecule has 1 amide bonds. The average Bonchev–Trinajstić information content (AvgIpc) is 3.17. The SMILES string of the molecule is O=C1NC(=S)SC1=Cc1cc2cncc(C#Cc3ccc(O)cc3)c2o1. The Morgan fingerprint density at radius 1 is 1.23 bits per heavy atom. The molecule has 1 aromatic carbocycles. The molecular formula is C19H10N2O3S2. The predicted octanol–water partition coefficient (Wildman–Crippen LogP) is 3.42. The van der Waals surface area contributed by atoms with Crippen LogP contribution in [0.5, 0.6) is 5.75 Å². The molecule has 4 rings (SSSR count). The summed E-state index contributed by atoms with van der Waals surface area (Å²) in [6.07, 6.45) is 4.96. The fraction of sp³-hybridized carbons (Fsp3) is 0. The molecule has 2 aromatic heterocycles. The fourth-order valence-corrected chi connectivity index (χ4v) is 3.40. The van der Waals surface area contributed by atoms with Crippen molar-refractivity contribution in [3.63, 3.8) is 0 Å². The van der Waals surface area contributed by atoms with Gasteiger partial charge in [-0.15, -0.1) is 0 Å². The number of fused-ring (bicyclic) bond motifs is 1. The number of hydrogen-bond donors (Lipinski definition) is 2. The maximum atomic E-state index is 11.8.